The molecule has 0 radical (unpaired) electrons. The van der Waals surface area contributed by atoms with Crippen molar-refractivity contribution in [2.24, 2.45) is 0 Å². The SMILES string of the molecule is C[C@]1(c2ccc(O)cc2O)C[C@H](c2ccccc2)NC(=S)N1. The molecule has 4 nitrogen and oxygen atoms in total. The van der Waals surface area contributed by atoms with E-state index >= 15 is 0 Å². The smallest absolute Gasteiger partial charge is 0.167 e. The minimum atomic E-state index is -0.513. The van der Waals surface area contributed by atoms with Gasteiger partial charge in [-0.25, -0.2) is 0 Å². The Labute approximate surface area is 134 Å². The molecule has 0 spiro atoms. The molecular weight excluding hydrogens is 296 g/mol. The molecule has 1 fully saturated rings. The van der Waals surface area contributed by atoms with Crippen LogP contribution in [0.4, 0.5) is 0 Å². The van der Waals surface area contributed by atoms with Gasteiger partial charge in [0.05, 0.1) is 11.6 Å². The monoisotopic (exact) mass is 314 g/mol. The lowest BCUT2D eigenvalue weighted by molar-refractivity contribution is 0.306. The lowest BCUT2D eigenvalue weighted by atomic mass is 9.81. The van der Waals surface area contributed by atoms with Crippen LogP contribution in [0, 0.1) is 0 Å². The third kappa shape index (κ3) is 2.72. The number of nitrogens with one attached hydrogen (secondary N) is 2. The minimum Gasteiger partial charge on any atom is -0.508 e. The fourth-order valence-electron chi connectivity index (χ4n) is 3.01. The van der Waals surface area contributed by atoms with Crippen LogP contribution in [-0.2, 0) is 5.54 Å². The fraction of sp³-hybridized carbons (Fsp3) is 0.235. The van der Waals surface area contributed by atoms with Crippen LogP contribution in [0.2, 0.25) is 0 Å². The first-order chi connectivity index (χ1) is 10.5. The zero-order chi connectivity index (χ0) is 15.7. The van der Waals surface area contributed by atoms with E-state index in [9.17, 15) is 10.2 Å². The Bertz CT molecular complexity index is 705. The molecular formula is C17H18N2O2S. The molecule has 1 saturated heterocycles. The molecule has 0 aliphatic carbocycles. The zero-order valence-electron chi connectivity index (χ0n) is 12.2. The van der Waals surface area contributed by atoms with Crippen molar-refractivity contribution in [1.82, 2.24) is 10.6 Å². The molecule has 0 bridgehead atoms. The highest BCUT2D eigenvalue weighted by atomic mass is 32.1. The second-order valence-electron chi connectivity index (χ2n) is 5.80. The summed E-state index contributed by atoms with van der Waals surface area (Å²) in [6, 6.07) is 14.8. The van der Waals surface area contributed by atoms with Gasteiger partial charge in [0.25, 0.3) is 0 Å². The van der Waals surface area contributed by atoms with Gasteiger partial charge in [-0.15, -0.1) is 0 Å². The number of benzene rings is 2. The standard InChI is InChI=1S/C17H18N2O2S/c1-17(13-8-7-12(20)9-15(13)21)10-14(18-16(22)19-17)11-5-3-2-4-6-11/h2-9,14,20-21H,10H2,1H3,(H2,18,19,22)/t14-,17-/m1/s1. The van der Waals surface area contributed by atoms with Gasteiger partial charge in [0.1, 0.15) is 11.5 Å². The molecule has 22 heavy (non-hydrogen) atoms. The predicted molar refractivity (Wildman–Crippen MR) is 89.8 cm³/mol. The van der Waals surface area contributed by atoms with Gasteiger partial charge in [0, 0.05) is 11.6 Å². The Hall–Kier alpha value is -2.27. The summed E-state index contributed by atoms with van der Waals surface area (Å²) >= 11 is 5.35. The van der Waals surface area contributed by atoms with Crippen molar-refractivity contribution in [3.8, 4) is 11.5 Å². The highest BCUT2D eigenvalue weighted by Gasteiger charge is 2.37. The number of phenols is 2. The van der Waals surface area contributed by atoms with Crippen LogP contribution in [0.1, 0.15) is 30.5 Å². The Morgan fingerprint density at radius 1 is 1.14 bits per heavy atom. The topological polar surface area (TPSA) is 64.5 Å². The number of thiocarbonyl (C=S) groups is 1. The highest BCUT2D eigenvalue weighted by molar-refractivity contribution is 7.80. The molecule has 4 N–H and O–H groups in total. The fourth-order valence-corrected chi connectivity index (χ4v) is 3.37. The largest absolute Gasteiger partial charge is 0.508 e. The van der Waals surface area contributed by atoms with E-state index in [1.54, 1.807) is 12.1 Å². The molecule has 1 aliphatic rings. The van der Waals surface area contributed by atoms with Gasteiger partial charge in [0.15, 0.2) is 5.11 Å². The number of hydrogen-bond acceptors (Lipinski definition) is 3. The Balaban J connectivity index is 1.97. The van der Waals surface area contributed by atoms with Crippen LogP contribution < -0.4 is 10.6 Å². The van der Waals surface area contributed by atoms with Crippen LogP contribution in [-0.4, -0.2) is 15.3 Å². The predicted octanol–water partition coefficient (Wildman–Crippen LogP) is 2.92. The summed E-state index contributed by atoms with van der Waals surface area (Å²) in [5.41, 5.74) is 1.35. The van der Waals surface area contributed by atoms with E-state index in [0.29, 0.717) is 5.11 Å². The van der Waals surface area contributed by atoms with Crippen molar-refractivity contribution in [2.45, 2.75) is 24.9 Å². The molecule has 2 atom stereocenters. The van der Waals surface area contributed by atoms with Gasteiger partial charge in [-0.05, 0) is 43.3 Å². The third-order valence-electron chi connectivity index (χ3n) is 4.08. The second-order valence-corrected chi connectivity index (χ2v) is 6.21. The summed E-state index contributed by atoms with van der Waals surface area (Å²) in [4.78, 5) is 0. The molecule has 0 saturated carbocycles. The van der Waals surface area contributed by atoms with Crippen LogP contribution in [0.5, 0.6) is 11.5 Å². The summed E-state index contributed by atoms with van der Waals surface area (Å²) in [7, 11) is 0. The molecule has 114 valence electrons. The molecule has 2 aromatic rings. The molecule has 0 amide bonds. The molecule has 1 heterocycles. The second kappa shape index (κ2) is 5.50. The van der Waals surface area contributed by atoms with Crippen molar-refractivity contribution >= 4 is 17.3 Å². The van der Waals surface area contributed by atoms with Crippen LogP contribution in [0.3, 0.4) is 0 Å². The Morgan fingerprint density at radius 2 is 1.86 bits per heavy atom. The summed E-state index contributed by atoms with van der Waals surface area (Å²) in [6.07, 6.45) is 0.718. The lowest BCUT2D eigenvalue weighted by Gasteiger charge is -2.42. The number of hydrogen-bond donors (Lipinski definition) is 4. The van der Waals surface area contributed by atoms with Crippen molar-refractivity contribution in [1.29, 1.82) is 0 Å². The van der Waals surface area contributed by atoms with Crippen LogP contribution in [0.25, 0.3) is 0 Å². The van der Waals surface area contributed by atoms with Crippen molar-refractivity contribution in [2.75, 3.05) is 0 Å². The van der Waals surface area contributed by atoms with E-state index in [-0.39, 0.29) is 17.5 Å². The van der Waals surface area contributed by atoms with E-state index in [1.165, 1.54) is 6.07 Å². The lowest BCUT2D eigenvalue weighted by Crippen LogP contribution is -2.55. The van der Waals surface area contributed by atoms with Crippen molar-refractivity contribution in [3.63, 3.8) is 0 Å². The van der Waals surface area contributed by atoms with E-state index in [0.717, 1.165) is 17.5 Å². The van der Waals surface area contributed by atoms with E-state index in [4.69, 9.17) is 12.2 Å². The maximum Gasteiger partial charge on any atom is 0.167 e. The minimum absolute atomic E-state index is 0.0426. The van der Waals surface area contributed by atoms with Gasteiger partial charge in [-0.3, -0.25) is 0 Å². The van der Waals surface area contributed by atoms with Gasteiger partial charge >= 0.3 is 0 Å². The summed E-state index contributed by atoms with van der Waals surface area (Å²) < 4.78 is 0. The maximum absolute atomic E-state index is 10.2. The molecule has 3 rings (SSSR count). The van der Waals surface area contributed by atoms with E-state index in [1.807, 2.05) is 25.1 Å². The molecule has 2 aromatic carbocycles. The normalized spacial score (nSPS) is 24.4. The molecule has 0 aromatic heterocycles. The van der Waals surface area contributed by atoms with E-state index in [2.05, 4.69) is 22.8 Å². The first kappa shape index (κ1) is 14.7. The molecule has 0 unspecified atom stereocenters. The van der Waals surface area contributed by atoms with E-state index < -0.39 is 5.54 Å². The number of aromatic hydroxyl groups is 2. The van der Waals surface area contributed by atoms with Crippen LogP contribution >= 0.6 is 12.2 Å². The Morgan fingerprint density at radius 3 is 2.55 bits per heavy atom. The molecule has 5 heteroatoms. The van der Waals surface area contributed by atoms with Crippen molar-refractivity contribution in [3.05, 3.63) is 59.7 Å². The summed E-state index contributed by atoms with van der Waals surface area (Å²) in [5.74, 6) is 0.104. The number of phenolic OH excluding ortho intramolecular Hbond substituents is 2. The van der Waals surface area contributed by atoms with Crippen molar-refractivity contribution < 1.29 is 10.2 Å². The average Bonchev–Trinajstić information content (AvgIpc) is 2.47. The first-order valence-corrected chi connectivity index (χ1v) is 7.55. The highest BCUT2D eigenvalue weighted by Crippen LogP contribution is 2.39. The summed E-state index contributed by atoms with van der Waals surface area (Å²) in [6.45, 7) is 2.00. The quantitative estimate of drug-likeness (QED) is 0.642. The summed E-state index contributed by atoms with van der Waals surface area (Å²) in [5, 5.41) is 26.7. The first-order valence-electron chi connectivity index (χ1n) is 7.14. The molecule has 1 aliphatic heterocycles. The zero-order valence-corrected chi connectivity index (χ0v) is 13.0. The van der Waals surface area contributed by atoms with Gasteiger partial charge in [0.2, 0.25) is 0 Å². The van der Waals surface area contributed by atoms with Gasteiger partial charge in [-0.1, -0.05) is 30.3 Å². The van der Waals surface area contributed by atoms with Gasteiger partial charge < -0.3 is 20.8 Å². The maximum atomic E-state index is 10.2. The van der Waals surface area contributed by atoms with Gasteiger partial charge in [-0.2, -0.15) is 0 Å². The number of rotatable bonds is 2. The third-order valence-corrected chi connectivity index (χ3v) is 4.30. The van der Waals surface area contributed by atoms with Crippen LogP contribution in [0.15, 0.2) is 48.5 Å². The Kier molecular flexibility index (Phi) is 3.66. The average molecular weight is 314 g/mol.